The van der Waals surface area contributed by atoms with E-state index in [4.69, 9.17) is 4.74 Å². The molecule has 0 atom stereocenters. The molecule has 1 fully saturated rings. The summed E-state index contributed by atoms with van der Waals surface area (Å²) >= 11 is 0. The molecule has 1 aliphatic rings. The van der Waals surface area contributed by atoms with E-state index in [9.17, 15) is 28.1 Å². The predicted octanol–water partition coefficient (Wildman–Crippen LogP) is 5.39. The van der Waals surface area contributed by atoms with Gasteiger partial charge in [-0.1, -0.05) is 20.8 Å². The van der Waals surface area contributed by atoms with Crippen LogP contribution in [0.25, 0.3) is 0 Å². The molecule has 1 aliphatic heterocycles. The highest BCUT2D eigenvalue weighted by atomic mass is 19.4. The van der Waals surface area contributed by atoms with Crippen LogP contribution in [0.1, 0.15) is 43.1 Å². The molecule has 0 spiro atoms. The van der Waals surface area contributed by atoms with E-state index < -0.39 is 16.7 Å². The Morgan fingerprint density at radius 3 is 2.18 bits per heavy atom. The number of alkyl halides is 3. The van der Waals surface area contributed by atoms with Crippen molar-refractivity contribution in [3.05, 3.63) is 63.7 Å². The average Bonchev–Trinajstić information content (AvgIpc) is 2.77. The molecule has 0 unspecified atom stereocenters. The van der Waals surface area contributed by atoms with Crippen LogP contribution >= 0.6 is 0 Å². The number of rotatable bonds is 6. The summed E-state index contributed by atoms with van der Waals surface area (Å²) < 4.78 is 44.2. The molecule has 0 aromatic heterocycles. The van der Waals surface area contributed by atoms with Crippen LogP contribution < -0.4 is 9.64 Å². The first-order valence-electron chi connectivity index (χ1n) is 11.0. The lowest BCUT2D eigenvalue weighted by molar-refractivity contribution is -0.384. The van der Waals surface area contributed by atoms with Gasteiger partial charge in [0.1, 0.15) is 5.75 Å². The Balaban J connectivity index is 1.70. The van der Waals surface area contributed by atoms with Gasteiger partial charge in [-0.25, -0.2) is 0 Å². The van der Waals surface area contributed by atoms with Gasteiger partial charge < -0.3 is 14.5 Å². The van der Waals surface area contributed by atoms with Crippen LogP contribution in [0.15, 0.2) is 42.5 Å². The van der Waals surface area contributed by atoms with Crippen molar-refractivity contribution in [1.82, 2.24) is 4.90 Å². The number of amides is 1. The second-order valence-corrected chi connectivity index (χ2v) is 9.42. The van der Waals surface area contributed by atoms with Crippen molar-refractivity contribution in [2.75, 3.05) is 37.7 Å². The summed E-state index contributed by atoms with van der Waals surface area (Å²) in [6.07, 6.45) is -3.65. The number of nitro benzene ring substituents is 1. The van der Waals surface area contributed by atoms with Gasteiger partial charge in [0.2, 0.25) is 0 Å². The van der Waals surface area contributed by atoms with Crippen LogP contribution in [0, 0.1) is 15.5 Å². The van der Waals surface area contributed by atoms with E-state index in [2.05, 4.69) is 20.8 Å². The van der Waals surface area contributed by atoms with Gasteiger partial charge in [0.05, 0.1) is 22.7 Å². The highest BCUT2D eigenvalue weighted by Gasteiger charge is 2.31. The Morgan fingerprint density at radius 2 is 1.65 bits per heavy atom. The Hall–Kier alpha value is -3.30. The monoisotopic (exact) mass is 479 g/mol. The fourth-order valence-electron chi connectivity index (χ4n) is 3.59. The second kappa shape index (κ2) is 9.90. The van der Waals surface area contributed by atoms with Crippen molar-refractivity contribution in [2.24, 2.45) is 5.41 Å². The summed E-state index contributed by atoms with van der Waals surface area (Å²) in [5.74, 6) is -0.0773. The number of carbonyl (C=O) groups is 1. The first-order valence-corrected chi connectivity index (χ1v) is 11.0. The largest absolute Gasteiger partial charge is 0.493 e. The van der Waals surface area contributed by atoms with Crippen molar-refractivity contribution in [3.63, 3.8) is 0 Å². The number of halogens is 3. The quantitative estimate of drug-likeness (QED) is 0.410. The molecule has 1 heterocycles. The minimum atomic E-state index is -4.39. The molecule has 0 bridgehead atoms. The summed E-state index contributed by atoms with van der Waals surface area (Å²) in [4.78, 5) is 27.4. The minimum absolute atomic E-state index is 0.0274. The van der Waals surface area contributed by atoms with Gasteiger partial charge in [0.15, 0.2) is 0 Å². The number of anilines is 1. The minimum Gasteiger partial charge on any atom is -0.493 e. The molecule has 2 aromatic rings. The van der Waals surface area contributed by atoms with E-state index >= 15 is 0 Å². The third-order valence-electron chi connectivity index (χ3n) is 5.64. The normalized spacial score (nSPS) is 14.8. The van der Waals surface area contributed by atoms with Gasteiger partial charge in [0, 0.05) is 44.0 Å². The molecule has 0 radical (unpaired) electrons. The van der Waals surface area contributed by atoms with Crippen LogP contribution in [-0.4, -0.2) is 48.5 Å². The molecule has 0 saturated carbocycles. The van der Waals surface area contributed by atoms with Crippen LogP contribution in [0.4, 0.5) is 24.5 Å². The molecule has 2 aromatic carbocycles. The maximum atomic E-state index is 13.2. The molecule has 10 heteroatoms. The number of non-ortho nitro benzene ring substituents is 1. The molecule has 1 saturated heterocycles. The highest BCUT2D eigenvalue weighted by molar-refractivity contribution is 5.97. The third kappa shape index (κ3) is 6.39. The van der Waals surface area contributed by atoms with E-state index in [1.807, 2.05) is 4.90 Å². The van der Waals surface area contributed by atoms with Crippen LogP contribution in [0.3, 0.4) is 0 Å². The fourth-order valence-corrected chi connectivity index (χ4v) is 3.59. The summed E-state index contributed by atoms with van der Waals surface area (Å²) in [6.45, 7) is 8.05. The zero-order valence-corrected chi connectivity index (χ0v) is 19.4. The molecule has 7 nitrogen and oxygen atoms in total. The van der Waals surface area contributed by atoms with Gasteiger partial charge in [-0.3, -0.25) is 14.9 Å². The lowest BCUT2D eigenvalue weighted by Gasteiger charge is -2.36. The number of ether oxygens (including phenoxy) is 1. The van der Waals surface area contributed by atoms with E-state index in [0.717, 1.165) is 18.6 Å². The van der Waals surface area contributed by atoms with Crippen molar-refractivity contribution < 1.29 is 27.6 Å². The maximum Gasteiger partial charge on any atom is 0.416 e. The molecule has 184 valence electrons. The van der Waals surface area contributed by atoms with Crippen molar-refractivity contribution in [1.29, 1.82) is 0 Å². The van der Waals surface area contributed by atoms with E-state index in [1.165, 1.54) is 30.3 Å². The number of benzene rings is 2. The number of nitro groups is 1. The topological polar surface area (TPSA) is 75.9 Å². The zero-order valence-electron chi connectivity index (χ0n) is 19.4. The van der Waals surface area contributed by atoms with Gasteiger partial charge in [0.25, 0.3) is 11.6 Å². The van der Waals surface area contributed by atoms with Crippen LogP contribution in [-0.2, 0) is 6.18 Å². The summed E-state index contributed by atoms with van der Waals surface area (Å²) in [5, 5.41) is 11.3. The van der Waals surface area contributed by atoms with E-state index in [1.54, 1.807) is 4.90 Å². The first kappa shape index (κ1) is 25.3. The van der Waals surface area contributed by atoms with Crippen molar-refractivity contribution in [3.8, 4) is 5.75 Å². The SMILES string of the molecule is CC(C)(C)CCOc1ccc([N+](=O)[O-])cc1C(=O)N1CCN(c2ccc(C(F)(F)F)cc2)CC1. The van der Waals surface area contributed by atoms with Gasteiger partial charge >= 0.3 is 6.18 Å². The summed E-state index contributed by atoms with van der Waals surface area (Å²) in [7, 11) is 0. The standard InChI is InChI=1S/C24H28F3N3O4/c1-23(2,3)10-15-34-21-9-8-19(30(32)33)16-20(21)22(31)29-13-11-28(12-14-29)18-6-4-17(5-7-18)24(25,26)27/h4-9,16H,10-15H2,1-3H3. The Morgan fingerprint density at radius 1 is 1.03 bits per heavy atom. The Labute approximate surface area is 196 Å². The predicted molar refractivity (Wildman–Crippen MR) is 122 cm³/mol. The second-order valence-electron chi connectivity index (χ2n) is 9.42. The molecule has 1 amide bonds. The summed E-state index contributed by atoms with van der Waals surface area (Å²) in [6, 6.07) is 8.91. The molecular weight excluding hydrogens is 451 g/mol. The maximum absolute atomic E-state index is 13.2. The van der Waals surface area contributed by atoms with Crippen LogP contribution in [0.5, 0.6) is 5.75 Å². The lowest BCUT2D eigenvalue weighted by atomic mass is 9.93. The highest BCUT2D eigenvalue weighted by Crippen LogP contribution is 2.31. The van der Waals surface area contributed by atoms with Crippen molar-refractivity contribution >= 4 is 17.3 Å². The number of nitrogens with zero attached hydrogens (tertiary/aromatic N) is 3. The smallest absolute Gasteiger partial charge is 0.416 e. The number of piperazine rings is 1. The Kier molecular flexibility index (Phi) is 7.38. The van der Waals surface area contributed by atoms with Crippen molar-refractivity contribution in [2.45, 2.75) is 33.4 Å². The first-order chi connectivity index (χ1) is 15.8. The molecule has 0 N–H and O–H groups in total. The van der Waals surface area contributed by atoms with Gasteiger partial charge in [-0.05, 0) is 42.2 Å². The van der Waals surface area contributed by atoms with Gasteiger partial charge in [-0.2, -0.15) is 13.2 Å². The molecule has 0 aliphatic carbocycles. The van der Waals surface area contributed by atoms with E-state index in [-0.39, 0.29) is 22.6 Å². The van der Waals surface area contributed by atoms with Crippen LogP contribution in [0.2, 0.25) is 0 Å². The number of hydrogen-bond acceptors (Lipinski definition) is 5. The fraction of sp³-hybridized carbons (Fsp3) is 0.458. The van der Waals surface area contributed by atoms with Gasteiger partial charge in [-0.15, -0.1) is 0 Å². The lowest BCUT2D eigenvalue weighted by Crippen LogP contribution is -2.48. The zero-order chi connectivity index (χ0) is 25.1. The molecular formula is C24H28F3N3O4. The summed E-state index contributed by atoms with van der Waals surface area (Å²) in [5.41, 5.74) is -0.114. The number of hydrogen-bond donors (Lipinski definition) is 0. The number of carbonyl (C=O) groups excluding carboxylic acids is 1. The molecule has 34 heavy (non-hydrogen) atoms. The average molecular weight is 479 g/mol. The van der Waals surface area contributed by atoms with E-state index in [0.29, 0.717) is 44.2 Å². The Bertz CT molecular complexity index is 1030. The molecule has 3 rings (SSSR count). The third-order valence-corrected chi connectivity index (χ3v) is 5.64.